The third-order valence-corrected chi connectivity index (χ3v) is 2.15. The molecule has 1 rings (SSSR count). The van der Waals surface area contributed by atoms with Crippen LogP contribution in [0.3, 0.4) is 0 Å². The zero-order chi connectivity index (χ0) is 10.4. The minimum atomic E-state index is 0.153. The van der Waals surface area contributed by atoms with Crippen molar-refractivity contribution in [1.29, 1.82) is 0 Å². The highest BCUT2D eigenvalue weighted by Crippen LogP contribution is 2.17. The van der Waals surface area contributed by atoms with Crippen LogP contribution in [-0.4, -0.2) is 29.8 Å². The molecule has 0 saturated carbocycles. The van der Waals surface area contributed by atoms with Crippen molar-refractivity contribution in [2.75, 3.05) is 24.6 Å². The van der Waals surface area contributed by atoms with Crippen LogP contribution in [0.25, 0.3) is 0 Å². The van der Waals surface area contributed by atoms with E-state index in [2.05, 4.69) is 16.8 Å². The molecule has 1 aromatic rings. The zero-order valence-electron chi connectivity index (χ0n) is 8.28. The number of hydrogen-bond acceptors (Lipinski definition) is 3. The largest absolute Gasteiger partial charge is 0.395 e. The van der Waals surface area contributed by atoms with Gasteiger partial charge in [-0.25, -0.2) is 4.98 Å². The lowest BCUT2D eigenvalue weighted by Crippen LogP contribution is -2.27. The molecule has 0 aliphatic rings. The molecule has 0 aliphatic heterocycles. The highest BCUT2D eigenvalue weighted by molar-refractivity contribution is 6.29. The summed E-state index contributed by atoms with van der Waals surface area (Å²) in [6.45, 7) is 3.81. The first-order valence-corrected chi connectivity index (χ1v) is 5.13. The van der Waals surface area contributed by atoms with Crippen molar-refractivity contribution in [3.63, 3.8) is 0 Å². The van der Waals surface area contributed by atoms with Crippen LogP contribution in [0, 0.1) is 0 Å². The Morgan fingerprint density at radius 3 is 2.86 bits per heavy atom. The van der Waals surface area contributed by atoms with Crippen LogP contribution >= 0.6 is 11.6 Å². The molecule has 0 unspecified atom stereocenters. The van der Waals surface area contributed by atoms with Gasteiger partial charge in [0.15, 0.2) is 0 Å². The maximum atomic E-state index is 8.90. The smallest absolute Gasteiger partial charge is 0.131 e. The fourth-order valence-electron chi connectivity index (χ4n) is 1.35. The van der Waals surface area contributed by atoms with E-state index in [9.17, 15) is 0 Å². The molecular weight excluding hydrogens is 200 g/mol. The van der Waals surface area contributed by atoms with Crippen LogP contribution in [0.1, 0.15) is 13.3 Å². The Labute approximate surface area is 89.3 Å². The Bertz CT molecular complexity index is 275. The molecule has 3 nitrogen and oxygen atoms in total. The summed E-state index contributed by atoms with van der Waals surface area (Å²) in [6.07, 6.45) is 2.72. The molecule has 0 atom stereocenters. The topological polar surface area (TPSA) is 36.4 Å². The summed E-state index contributed by atoms with van der Waals surface area (Å²) in [5.74, 6) is 0. The number of nitrogens with zero attached hydrogens (tertiary/aromatic N) is 2. The number of rotatable bonds is 5. The van der Waals surface area contributed by atoms with Gasteiger partial charge in [0.1, 0.15) is 5.15 Å². The molecule has 0 saturated heterocycles. The highest BCUT2D eigenvalue weighted by Gasteiger charge is 2.04. The molecule has 0 amide bonds. The minimum absolute atomic E-state index is 0.153. The van der Waals surface area contributed by atoms with Crippen LogP contribution in [0.4, 0.5) is 5.69 Å². The molecule has 0 aromatic carbocycles. The van der Waals surface area contributed by atoms with Gasteiger partial charge in [-0.15, -0.1) is 0 Å². The van der Waals surface area contributed by atoms with Crippen LogP contribution < -0.4 is 4.90 Å². The van der Waals surface area contributed by atoms with Gasteiger partial charge in [0, 0.05) is 25.0 Å². The van der Waals surface area contributed by atoms with Crippen LogP contribution in [0.5, 0.6) is 0 Å². The molecule has 78 valence electrons. The molecule has 0 spiro atoms. The van der Waals surface area contributed by atoms with Crippen LogP contribution in [0.2, 0.25) is 5.15 Å². The Hall–Kier alpha value is -0.800. The lowest BCUT2D eigenvalue weighted by atomic mass is 10.3. The SMILES string of the molecule is CCCN(CCO)c1ccnc(Cl)c1. The van der Waals surface area contributed by atoms with Gasteiger partial charge < -0.3 is 10.0 Å². The molecule has 1 heterocycles. The van der Waals surface area contributed by atoms with E-state index in [4.69, 9.17) is 16.7 Å². The second-order valence-corrected chi connectivity index (χ2v) is 3.43. The number of hydrogen-bond donors (Lipinski definition) is 1. The molecule has 0 radical (unpaired) electrons. The highest BCUT2D eigenvalue weighted by atomic mass is 35.5. The van der Waals surface area contributed by atoms with Gasteiger partial charge in [0.2, 0.25) is 0 Å². The lowest BCUT2D eigenvalue weighted by Gasteiger charge is -2.23. The molecule has 4 heteroatoms. The van der Waals surface area contributed by atoms with Crippen molar-refractivity contribution >= 4 is 17.3 Å². The summed E-state index contributed by atoms with van der Waals surface area (Å²) in [5.41, 5.74) is 1.01. The maximum absolute atomic E-state index is 8.90. The number of aliphatic hydroxyl groups excluding tert-OH is 1. The summed E-state index contributed by atoms with van der Waals surface area (Å²) in [7, 11) is 0. The summed E-state index contributed by atoms with van der Waals surface area (Å²) in [5, 5.41) is 9.39. The minimum Gasteiger partial charge on any atom is -0.395 e. The van der Waals surface area contributed by atoms with Crippen molar-refractivity contribution < 1.29 is 5.11 Å². The van der Waals surface area contributed by atoms with Gasteiger partial charge in [-0.3, -0.25) is 0 Å². The Kier molecular flexibility index (Phi) is 4.70. The predicted molar refractivity (Wildman–Crippen MR) is 58.8 cm³/mol. The standard InChI is InChI=1S/C10H15ClN2O/c1-2-5-13(6-7-14)9-3-4-12-10(11)8-9/h3-4,8,14H,2,5-7H2,1H3. The van der Waals surface area contributed by atoms with Gasteiger partial charge in [-0.2, -0.15) is 0 Å². The molecule has 1 N–H and O–H groups in total. The predicted octanol–water partition coefficient (Wildman–Crippen LogP) is 1.94. The molecule has 1 aromatic heterocycles. The number of anilines is 1. The van der Waals surface area contributed by atoms with E-state index in [0.717, 1.165) is 18.7 Å². The van der Waals surface area contributed by atoms with E-state index in [0.29, 0.717) is 11.7 Å². The summed E-state index contributed by atoms with van der Waals surface area (Å²) < 4.78 is 0. The molecule has 0 fully saturated rings. The summed E-state index contributed by atoms with van der Waals surface area (Å²) in [6, 6.07) is 3.71. The van der Waals surface area contributed by atoms with E-state index in [1.807, 2.05) is 12.1 Å². The summed E-state index contributed by atoms with van der Waals surface area (Å²) >= 11 is 5.79. The Morgan fingerprint density at radius 2 is 2.29 bits per heavy atom. The van der Waals surface area contributed by atoms with Gasteiger partial charge >= 0.3 is 0 Å². The van der Waals surface area contributed by atoms with E-state index >= 15 is 0 Å². The molecular formula is C10H15ClN2O. The normalized spacial score (nSPS) is 10.2. The van der Waals surface area contributed by atoms with E-state index in [1.165, 1.54) is 0 Å². The first-order chi connectivity index (χ1) is 6.77. The number of halogens is 1. The van der Waals surface area contributed by atoms with Crippen molar-refractivity contribution in [2.24, 2.45) is 0 Å². The van der Waals surface area contributed by atoms with Crippen molar-refractivity contribution in [2.45, 2.75) is 13.3 Å². The first kappa shape index (κ1) is 11.3. The monoisotopic (exact) mass is 214 g/mol. The average Bonchev–Trinajstić information content (AvgIpc) is 2.17. The van der Waals surface area contributed by atoms with E-state index < -0.39 is 0 Å². The third-order valence-electron chi connectivity index (χ3n) is 1.94. The second kappa shape index (κ2) is 5.83. The van der Waals surface area contributed by atoms with Crippen molar-refractivity contribution in [3.8, 4) is 0 Å². The first-order valence-electron chi connectivity index (χ1n) is 4.75. The molecule has 0 bridgehead atoms. The van der Waals surface area contributed by atoms with Gasteiger partial charge in [0.25, 0.3) is 0 Å². The van der Waals surface area contributed by atoms with Crippen molar-refractivity contribution in [3.05, 3.63) is 23.5 Å². The fourth-order valence-corrected chi connectivity index (χ4v) is 1.52. The molecule has 14 heavy (non-hydrogen) atoms. The van der Waals surface area contributed by atoms with Crippen molar-refractivity contribution in [1.82, 2.24) is 4.98 Å². The third kappa shape index (κ3) is 3.16. The van der Waals surface area contributed by atoms with Gasteiger partial charge in [-0.1, -0.05) is 18.5 Å². The van der Waals surface area contributed by atoms with Gasteiger partial charge in [-0.05, 0) is 18.6 Å². The number of aliphatic hydroxyl groups is 1. The Morgan fingerprint density at radius 1 is 1.50 bits per heavy atom. The van der Waals surface area contributed by atoms with E-state index in [-0.39, 0.29) is 6.61 Å². The summed E-state index contributed by atoms with van der Waals surface area (Å²) in [4.78, 5) is 6.01. The maximum Gasteiger partial charge on any atom is 0.131 e. The number of pyridine rings is 1. The second-order valence-electron chi connectivity index (χ2n) is 3.05. The average molecular weight is 215 g/mol. The zero-order valence-corrected chi connectivity index (χ0v) is 9.04. The fraction of sp³-hybridized carbons (Fsp3) is 0.500. The van der Waals surface area contributed by atoms with E-state index in [1.54, 1.807) is 6.20 Å². The van der Waals surface area contributed by atoms with Gasteiger partial charge in [0.05, 0.1) is 6.61 Å². The Balaban J connectivity index is 2.75. The number of aromatic nitrogens is 1. The quantitative estimate of drug-likeness (QED) is 0.762. The van der Waals surface area contributed by atoms with Crippen LogP contribution in [0.15, 0.2) is 18.3 Å². The lowest BCUT2D eigenvalue weighted by molar-refractivity contribution is 0.302. The van der Waals surface area contributed by atoms with Crippen LogP contribution in [-0.2, 0) is 0 Å². The molecule has 0 aliphatic carbocycles.